The fourth-order valence-electron chi connectivity index (χ4n) is 0.593. The van der Waals surface area contributed by atoms with Crippen molar-refractivity contribution >= 4 is 5.97 Å². The molecule has 0 spiro atoms. The Hall–Kier alpha value is -1.07. The highest BCUT2D eigenvalue weighted by atomic mass is 19.3. The molecule has 0 aliphatic carbocycles. The van der Waals surface area contributed by atoms with E-state index in [4.69, 9.17) is 5.11 Å². The van der Waals surface area contributed by atoms with Gasteiger partial charge >= 0.3 is 5.97 Å². The van der Waals surface area contributed by atoms with Gasteiger partial charge in [0.05, 0.1) is 0 Å². The lowest BCUT2D eigenvalue weighted by atomic mass is 10.1. The highest BCUT2D eigenvalue weighted by Gasteiger charge is 2.30. The van der Waals surface area contributed by atoms with Gasteiger partial charge in [0, 0.05) is 12.0 Å². The summed E-state index contributed by atoms with van der Waals surface area (Å²) in [5, 5.41) is 8.18. The molecular weight excluding hydrogens is 192 g/mol. The third kappa shape index (κ3) is 3.91. The summed E-state index contributed by atoms with van der Waals surface area (Å²) in [6.07, 6.45) is -9.86. The molecular formula is C7H8F4O2. The summed E-state index contributed by atoms with van der Waals surface area (Å²) >= 11 is 0. The van der Waals surface area contributed by atoms with Crippen LogP contribution in [0.25, 0.3) is 0 Å². The van der Waals surface area contributed by atoms with Gasteiger partial charge in [-0.05, 0) is 0 Å². The molecule has 0 saturated heterocycles. The van der Waals surface area contributed by atoms with Gasteiger partial charge in [-0.25, -0.2) is 22.4 Å². The first-order valence-corrected chi connectivity index (χ1v) is 3.33. The molecule has 0 aromatic carbocycles. The monoisotopic (exact) mass is 200 g/mol. The molecule has 1 N–H and O–H groups in total. The highest BCUT2D eigenvalue weighted by Crippen LogP contribution is 2.18. The van der Waals surface area contributed by atoms with Crippen LogP contribution in [0.2, 0.25) is 0 Å². The number of aliphatic carboxylic acids is 1. The van der Waals surface area contributed by atoms with Gasteiger partial charge in [0.1, 0.15) is 6.17 Å². The van der Waals surface area contributed by atoms with Crippen LogP contribution in [-0.2, 0) is 4.79 Å². The van der Waals surface area contributed by atoms with Crippen molar-refractivity contribution in [1.29, 1.82) is 0 Å². The van der Waals surface area contributed by atoms with E-state index in [1.54, 1.807) is 0 Å². The first kappa shape index (κ1) is 11.9. The molecule has 6 heteroatoms. The summed E-state index contributed by atoms with van der Waals surface area (Å²) in [4.78, 5) is 10.1. The maximum atomic E-state index is 12.5. The maximum Gasteiger partial charge on any atom is 0.331 e. The molecule has 0 fully saturated rings. The number of hydrogen-bond acceptors (Lipinski definition) is 1. The van der Waals surface area contributed by atoms with E-state index < -0.39 is 36.7 Å². The topological polar surface area (TPSA) is 37.3 Å². The second-order valence-corrected chi connectivity index (χ2v) is 2.41. The predicted molar refractivity (Wildman–Crippen MR) is 37.2 cm³/mol. The van der Waals surface area contributed by atoms with E-state index in [1.165, 1.54) is 0 Å². The van der Waals surface area contributed by atoms with Crippen molar-refractivity contribution in [2.24, 2.45) is 0 Å². The van der Waals surface area contributed by atoms with E-state index in [9.17, 15) is 22.4 Å². The number of halogens is 4. The van der Waals surface area contributed by atoms with Gasteiger partial charge in [-0.2, -0.15) is 0 Å². The molecule has 0 aromatic heterocycles. The Morgan fingerprint density at radius 2 is 1.77 bits per heavy atom. The van der Waals surface area contributed by atoms with Crippen LogP contribution in [-0.4, -0.2) is 29.8 Å². The number of hydrogen-bond donors (Lipinski definition) is 1. The average molecular weight is 200 g/mol. The molecule has 76 valence electrons. The number of carboxylic acids is 1. The van der Waals surface area contributed by atoms with Gasteiger partial charge in [0.2, 0.25) is 0 Å². The minimum absolute atomic E-state index is 0.629. The van der Waals surface area contributed by atoms with E-state index in [1.807, 2.05) is 0 Å². The highest BCUT2D eigenvalue weighted by molar-refractivity contribution is 5.85. The zero-order valence-corrected chi connectivity index (χ0v) is 6.51. The average Bonchev–Trinajstić information content (AvgIpc) is 2.02. The number of rotatable bonds is 5. The summed E-state index contributed by atoms with van der Waals surface area (Å²) in [6.45, 7) is 2.88. The summed E-state index contributed by atoms with van der Waals surface area (Å²) in [6, 6.07) is 0. The number of carbonyl (C=O) groups is 1. The van der Waals surface area contributed by atoms with Crippen molar-refractivity contribution in [2.45, 2.75) is 25.2 Å². The van der Waals surface area contributed by atoms with Crippen LogP contribution in [0.3, 0.4) is 0 Å². The van der Waals surface area contributed by atoms with Crippen LogP contribution in [0.1, 0.15) is 6.42 Å². The molecule has 0 bridgehead atoms. The van der Waals surface area contributed by atoms with Crippen molar-refractivity contribution in [3.63, 3.8) is 0 Å². The Bertz CT molecular complexity index is 205. The fourth-order valence-corrected chi connectivity index (χ4v) is 0.593. The second kappa shape index (κ2) is 4.84. The molecule has 0 saturated carbocycles. The Morgan fingerprint density at radius 3 is 2.08 bits per heavy atom. The van der Waals surface area contributed by atoms with Gasteiger partial charge < -0.3 is 5.11 Å². The summed E-state index contributed by atoms with van der Waals surface area (Å²) in [5.74, 6) is -1.52. The van der Waals surface area contributed by atoms with E-state index in [0.29, 0.717) is 0 Å². The van der Waals surface area contributed by atoms with Crippen LogP contribution in [0.5, 0.6) is 0 Å². The molecule has 2 unspecified atom stereocenters. The van der Waals surface area contributed by atoms with Crippen LogP contribution < -0.4 is 0 Å². The van der Waals surface area contributed by atoms with Gasteiger partial charge in [0.15, 0.2) is 6.17 Å². The molecule has 2 nitrogen and oxygen atoms in total. The Kier molecular flexibility index (Phi) is 4.44. The van der Waals surface area contributed by atoms with Crippen molar-refractivity contribution in [3.8, 4) is 0 Å². The van der Waals surface area contributed by atoms with Crippen LogP contribution in [0.4, 0.5) is 17.6 Å². The van der Waals surface area contributed by atoms with Crippen molar-refractivity contribution in [2.75, 3.05) is 0 Å². The minimum Gasteiger partial charge on any atom is -0.478 e. The molecule has 0 amide bonds. The van der Waals surface area contributed by atoms with Crippen LogP contribution in [0, 0.1) is 0 Å². The van der Waals surface area contributed by atoms with E-state index in [0.717, 1.165) is 0 Å². The number of carboxylic acid groups (broad SMARTS) is 1. The quantitative estimate of drug-likeness (QED) is 0.544. The van der Waals surface area contributed by atoms with Gasteiger partial charge in [0.25, 0.3) is 6.43 Å². The maximum absolute atomic E-state index is 12.5. The molecule has 0 aliphatic heterocycles. The van der Waals surface area contributed by atoms with E-state index >= 15 is 0 Å². The van der Waals surface area contributed by atoms with E-state index in [2.05, 4.69) is 6.58 Å². The minimum atomic E-state index is -3.45. The third-order valence-corrected chi connectivity index (χ3v) is 1.33. The third-order valence-electron chi connectivity index (χ3n) is 1.33. The molecule has 0 heterocycles. The molecule has 0 aliphatic rings. The lowest BCUT2D eigenvalue weighted by Gasteiger charge is -2.11. The SMILES string of the molecule is C=C(CC(F)C(F)C(F)F)C(=O)O. The lowest BCUT2D eigenvalue weighted by molar-refractivity contribution is -0.133. The first-order chi connectivity index (χ1) is 5.86. The zero-order chi connectivity index (χ0) is 10.6. The Labute approximate surface area is 71.9 Å². The Morgan fingerprint density at radius 1 is 1.31 bits per heavy atom. The standard InChI is InChI=1S/C7H8F4O2/c1-3(7(12)13)2-4(8)5(9)6(10)11/h4-6H,1-2H2,(H,12,13). The molecule has 2 atom stereocenters. The van der Waals surface area contributed by atoms with Crippen LogP contribution in [0.15, 0.2) is 12.2 Å². The lowest BCUT2D eigenvalue weighted by Crippen LogP contribution is -2.26. The van der Waals surface area contributed by atoms with Gasteiger partial charge in [-0.15, -0.1) is 0 Å². The Balaban J connectivity index is 4.07. The predicted octanol–water partition coefficient (Wildman–Crippen LogP) is 1.96. The van der Waals surface area contributed by atoms with Gasteiger partial charge in [-0.3, -0.25) is 0 Å². The van der Waals surface area contributed by atoms with Crippen molar-refractivity contribution in [3.05, 3.63) is 12.2 Å². The summed E-state index contributed by atoms with van der Waals surface area (Å²) < 4.78 is 47.7. The van der Waals surface area contributed by atoms with Crippen molar-refractivity contribution < 1.29 is 27.5 Å². The van der Waals surface area contributed by atoms with E-state index in [-0.39, 0.29) is 0 Å². The largest absolute Gasteiger partial charge is 0.478 e. The second-order valence-electron chi connectivity index (χ2n) is 2.41. The summed E-state index contributed by atoms with van der Waals surface area (Å²) in [5.41, 5.74) is -0.629. The number of alkyl halides is 4. The summed E-state index contributed by atoms with van der Waals surface area (Å²) in [7, 11) is 0. The molecule has 0 aromatic rings. The normalized spacial score (nSPS) is 15.5. The van der Waals surface area contributed by atoms with Gasteiger partial charge in [-0.1, -0.05) is 6.58 Å². The smallest absolute Gasteiger partial charge is 0.331 e. The zero-order valence-electron chi connectivity index (χ0n) is 6.51. The molecule has 0 radical (unpaired) electrons. The fraction of sp³-hybridized carbons (Fsp3) is 0.571. The van der Waals surface area contributed by atoms with Crippen molar-refractivity contribution in [1.82, 2.24) is 0 Å². The first-order valence-electron chi connectivity index (χ1n) is 3.33. The molecule has 13 heavy (non-hydrogen) atoms. The van der Waals surface area contributed by atoms with Crippen LogP contribution >= 0.6 is 0 Å². The molecule has 0 rings (SSSR count).